The second kappa shape index (κ2) is 11.9. The van der Waals surface area contributed by atoms with Crippen LogP contribution in [0.4, 0.5) is 5.69 Å². The molecule has 218 valence electrons. The van der Waals surface area contributed by atoms with E-state index >= 15 is 0 Å². The van der Waals surface area contributed by atoms with Crippen molar-refractivity contribution in [2.45, 2.75) is 83.4 Å². The molecule has 0 saturated carbocycles. The molecule has 0 spiro atoms. The van der Waals surface area contributed by atoms with E-state index in [1.165, 1.54) is 44.8 Å². The molecular weight excluding hydrogens is 524 g/mol. The van der Waals surface area contributed by atoms with Crippen molar-refractivity contribution in [2.75, 3.05) is 37.6 Å². The summed E-state index contributed by atoms with van der Waals surface area (Å²) in [5.74, 6) is -0.110. The molecule has 2 N–H and O–H groups in total. The molecule has 3 heterocycles. The average molecular weight is 570 g/mol. The minimum Gasteiger partial charge on any atom is -0.506 e. The Kier molecular flexibility index (Phi) is 8.93. The van der Waals surface area contributed by atoms with E-state index in [4.69, 9.17) is 0 Å². The summed E-state index contributed by atoms with van der Waals surface area (Å²) >= 11 is 1.23. The third-order valence-corrected chi connectivity index (χ3v) is 8.56. The number of imide groups is 1. The van der Waals surface area contributed by atoms with Gasteiger partial charge in [0.25, 0.3) is 11.8 Å². The Bertz CT molecular complexity index is 1280. The van der Waals surface area contributed by atoms with Crippen LogP contribution in [-0.4, -0.2) is 75.1 Å². The molecule has 1 aromatic heterocycles. The van der Waals surface area contributed by atoms with Gasteiger partial charge in [0.05, 0.1) is 5.52 Å². The molecule has 0 aliphatic carbocycles. The summed E-state index contributed by atoms with van der Waals surface area (Å²) in [4.78, 5) is 45.2. The first-order valence-electron chi connectivity index (χ1n) is 14.4. The summed E-state index contributed by atoms with van der Waals surface area (Å²) in [5, 5.41) is 13.4. The Labute approximate surface area is 242 Å². The molecule has 8 nitrogen and oxygen atoms in total. The first-order valence-corrected chi connectivity index (χ1v) is 15.3. The molecule has 0 unspecified atom stereocenters. The van der Waals surface area contributed by atoms with Gasteiger partial charge >= 0.3 is 0 Å². The number of rotatable bonds is 9. The number of nitrogens with one attached hydrogen (secondary N) is 1. The third kappa shape index (κ3) is 7.22. The zero-order valence-electron chi connectivity index (χ0n) is 24.8. The zero-order valence-corrected chi connectivity index (χ0v) is 25.7. The van der Waals surface area contributed by atoms with Gasteiger partial charge in [-0.2, -0.15) is 0 Å². The number of hydrogen-bond donors (Lipinski definition) is 2. The molecule has 2 aliphatic rings. The Hall–Kier alpha value is -2.94. The number of H-pyrrole nitrogens is 1. The summed E-state index contributed by atoms with van der Waals surface area (Å²) in [6.07, 6.45) is 6.24. The number of anilines is 1. The molecule has 1 fully saturated rings. The molecule has 0 radical (unpaired) electrons. The van der Waals surface area contributed by atoms with Gasteiger partial charge in [-0.25, -0.2) is 0 Å². The summed E-state index contributed by atoms with van der Waals surface area (Å²) in [6.45, 7) is 16.4. The number of carbonyl (C=O) groups excluding carboxylic acids is 3. The van der Waals surface area contributed by atoms with Crippen molar-refractivity contribution in [3.05, 3.63) is 29.8 Å². The fourth-order valence-corrected chi connectivity index (χ4v) is 6.62. The number of phenolic OH excluding ortho intramolecular Hbond substituents is 1. The van der Waals surface area contributed by atoms with Crippen LogP contribution >= 0.6 is 0 Å². The lowest BCUT2D eigenvalue weighted by Crippen LogP contribution is -2.48. The number of phenols is 1. The normalized spacial score (nSPS) is 16.6. The Morgan fingerprint density at radius 3 is 2.20 bits per heavy atom. The molecule has 3 amide bonds. The van der Waals surface area contributed by atoms with Gasteiger partial charge in [-0.05, 0) is 57.6 Å². The number of aromatic amines is 1. The van der Waals surface area contributed by atoms with Crippen molar-refractivity contribution < 1.29 is 19.5 Å². The largest absolute Gasteiger partial charge is 0.506 e. The van der Waals surface area contributed by atoms with Gasteiger partial charge in [-0.15, -0.1) is 0 Å². The molecule has 1 saturated heterocycles. The van der Waals surface area contributed by atoms with Crippen LogP contribution in [0.25, 0.3) is 10.9 Å². The Balaban J connectivity index is 1.38. The highest BCUT2D eigenvalue weighted by atomic mass is 32.2. The standard InChI is InChI=1S/C31H44N4O4S/c1-30(2,3)20-22-21-11-12-23(36)28(27(21)32-29(22)40-31(4,5)6)34-18-16-33(17-19-34)24(37)10-8-7-9-15-35-25(38)13-14-26(35)39/h11-14,32,36H,7-10,15-20H2,1-6H3/p+1. The van der Waals surface area contributed by atoms with E-state index in [9.17, 15) is 19.5 Å². The minimum atomic E-state index is -0.254. The summed E-state index contributed by atoms with van der Waals surface area (Å²) in [6, 6.07) is 3.85. The number of aromatic hydroxyl groups is 1. The first-order chi connectivity index (χ1) is 18.7. The summed E-state index contributed by atoms with van der Waals surface area (Å²) < 4.78 is 0.0991. The lowest BCUT2D eigenvalue weighted by Gasteiger charge is -2.36. The SMILES string of the molecule is CC(C)(C)Cc1c([SH+]C(C)(C)C)[nH]c2c(N3CCN(C(=O)CCCCCN4C(=O)C=CC4=O)CC3)c(O)ccc12. The predicted molar refractivity (Wildman–Crippen MR) is 163 cm³/mol. The highest BCUT2D eigenvalue weighted by molar-refractivity contribution is 7.80. The number of unbranched alkanes of at least 4 members (excludes halogenated alkanes) is 2. The smallest absolute Gasteiger partial charge is 0.253 e. The number of fused-ring (bicyclic) bond motifs is 1. The van der Waals surface area contributed by atoms with Crippen molar-refractivity contribution >= 4 is 46.1 Å². The molecule has 40 heavy (non-hydrogen) atoms. The third-order valence-electron chi connectivity index (χ3n) is 7.29. The van der Waals surface area contributed by atoms with E-state index in [-0.39, 0.29) is 33.6 Å². The number of amides is 3. The van der Waals surface area contributed by atoms with Crippen LogP contribution in [0.3, 0.4) is 0 Å². The topological polar surface area (TPSA) is 97.0 Å². The van der Waals surface area contributed by atoms with Crippen LogP contribution in [0.1, 0.15) is 72.8 Å². The van der Waals surface area contributed by atoms with Crippen LogP contribution in [0.15, 0.2) is 29.3 Å². The molecule has 0 bridgehead atoms. The predicted octanol–water partition coefficient (Wildman–Crippen LogP) is 4.57. The van der Waals surface area contributed by atoms with E-state index in [2.05, 4.69) is 51.4 Å². The highest BCUT2D eigenvalue weighted by Gasteiger charge is 2.32. The van der Waals surface area contributed by atoms with Gasteiger partial charge in [0, 0.05) is 74.0 Å². The quantitative estimate of drug-likeness (QED) is 0.200. The van der Waals surface area contributed by atoms with Gasteiger partial charge in [-0.3, -0.25) is 19.3 Å². The molecule has 4 rings (SSSR count). The van der Waals surface area contributed by atoms with Crippen LogP contribution in [-0.2, 0) is 32.6 Å². The van der Waals surface area contributed by atoms with Crippen LogP contribution in [0.2, 0.25) is 0 Å². The van der Waals surface area contributed by atoms with Crippen LogP contribution in [0, 0.1) is 5.41 Å². The number of aromatic nitrogens is 1. The van der Waals surface area contributed by atoms with Gasteiger partial charge in [0.1, 0.15) is 16.2 Å². The van der Waals surface area contributed by atoms with Gasteiger partial charge in [-0.1, -0.05) is 27.2 Å². The monoisotopic (exact) mass is 569 g/mol. The molecular formula is C31H45N4O4S+. The van der Waals surface area contributed by atoms with E-state index in [0.717, 1.165) is 30.5 Å². The van der Waals surface area contributed by atoms with Gasteiger partial charge in [0.15, 0.2) is 0 Å². The highest BCUT2D eigenvalue weighted by Crippen LogP contribution is 2.41. The Morgan fingerprint density at radius 1 is 0.950 bits per heavy atom. The Morgan fingerprint density at radius 2 is 1.60 bits per heavy atom. The lowest BCUT2D eigenvalue weighted by molar-refractivity contribution is -0.137. The van der Waals surface area contributed by atoms with Crippen LogP contribution < -0.4 is 4.90 Å². The number of carbonyl (C=O) groups is 3. The molecule has 1 aromatic carbocycles. The van der Waals surface area contributed by atoms with E-state index in [1.807, 2.05) is 17.0 Å². The van der Waals surface area contributed by atoms with Crippen molar-refractivity contribution in [3.63, 3.8) is 0 Å². The number of thiol groups is 1. The van der Waals surface area contributed by atoms with E-state index in [1.54, 1.807) is 0 Å². The summed E-state index contributed by atoms with van der Waals surface area (Å²) in [7, 11) is 0. The summed E-state index contributed by atoms with van der Waals surface area (Å²) in [5.41, 5.74) is 3.26. The fourth-order valence-electron chi connectivity index (χ4n) is 5.45. The molecule has 9 heteroatoms. The maximum atomic E-state index is 12.9. The number of nitrogens with zero attached hydrogens (tertiary/aromatic N) is 3. The fraction of sp³-hybridized carbons (Fsp3) is 0.581. The number of benzene rings is 1. The van der Waals surface area contributed by atoms with E-state index in [0.29, 0.717) is 45.6 Å². The second-order valence-corrected chi connectivity index (χ2v) is 15.2. The van der Waals surface area contributed by atoms with Crippen molar-refractivity contribution in [1.29, 1.82) is 0 Å². The zero-order chi connectivity index (χ0) is 29.2. The lowest BCUT2D eigenvalue weighted by atomic mass is 9.88. The maximum absolute atomic E-state index is 12.9. The maximum Gasteiger partial charge on any atom is 0.253 e. The van der Waals surface area contributed by atoms with Gasteiger partial charge < -0.3 is 19.9 Å². The van der Waals surface area contributed by atoms with E-state index < -0.39 is 0 Å². The van der Waals surface area contributed by atoms with Gasteiger partial charge in [0.2, 0.25) is 10.9 Å². The van der Waals surface area contributed by atoms with Crippen molar-refractivity contribution in [2.24, 2.45) is 5.41 Å². The average Bonchev–Trinajstić information content (AvgIpc) is 3.35. The molecule has 2 aliphatic heterocycles. The second-order valence-electron chi connectivity index (χ2n) is 13.2. The van der Waals surface area contributed by atoms with Crippen molar-refractivity contribution in [1.82, 2.24) is 14.8 Å². The number of piperazine rings is 1. The van der Waals surface area contributed by atoms with Crippen LogP contribution in [0.5, 0.6) is 5.75 Å². The molecule has 2 aromatic rings. The first kappa shape index (κ1) is 30.0. The molecule has 0 atom stereocenters. The minimum absolute atomic E-state index is 0.0991. The number of hydrogen-bond acceptors (Lipinski definition) is 5. The van der Waals surface area contributed by atoms with Crippen molar-refractivity contribution in [3.8, 4) is 5.75 Å².